The van der Waals surface area contributed by atoms with E-state index in [1.165, 1.54) is 18.0 Å². The molecular weight excluding hydrogens is 296 g/mol. The largest absolute Gasteiger partial charge is 0.471 e. The van der Waals surface area contributed by atoms with Crippen LogP contribution in [0.1, 0.15) is 10.4 Å². The van der Waals surface area contributed by atoms with Crippen LogP contribution in [-0.2, 0) is 0 Å². The summed E-state index contributed by atoms with van der Waals surface area (Å²) in [5.74, 6) is -4.99. The molecule has 0 fully saturated rings. The summed E-state index contributed by atoms with van der Waals surface area (Å²) in [7, 11) is 1.46. The van der Waals surface area contributed by atoms with E-state index in [0.29, 0.717) is 0 Å². The zero-order valence-corrected chi connectivity index (χ0v) is 11.1. The number of nitrogens with zero attached hydrogens (tertiary/aromatic N) is 2. The van der Waals surface area contributed by atoms with Crippen LogP contribution in [0.2, 0.25) is 0 Å². The van der Waals surface area contributed by atoms with Crippen LogP contribution in [0.5, 0.6) is 5.88 Å². The van der Waals surface area contributed by atoms with Gasteiger partial charge in [-0.25, -0.2) is 13.8 Å². The van der Waals surface area contributed by atoms with Crippen molar-refractivity contribution < 1.29 is 32.2 Å². The minimum absolute atomic E-state index is 0.123. The molecule has 0 spiro atoms. The Balaban J connectivity index is 2.64. The highest BCUT2D eigenvalue weighted by atomic mass is 19.3. The van der Waals surface area contributed by atoms with Gasteiger partial charge < -0.3 is 14.7 Å². The Morgan fingerprint density at radius 1 is 1.48 bits per heavy atom. The number of rotatable bonds is 7. The molecule has 0 bridgehead atoms. The molecule has 1 heterocycles. The van der Waals surface area contributed by atoms with Crippen LogP contribution in [-0.4, -0.2) is 60.1 Å². The van der Waals surface area contributed by atoms with Crippen molar-refractivity contribution in [3.63, 3.8) is 0 Å². The number of hydrogen-bond acceptors (Lipinski definition) is 4. The van der Waals surface area contributed by atoms with E-state index in [4.69, 9.17) is 5.11 Å². The Hall–Kier alpha value is -1.90. The highest BCUT2D eigenvalue weighted by molar-refractivity contribution is 5.93. The molecule has 0 atom stereocenters. The number of likely N-dealkylation sites (N-methyl/N-ethyl adjacent to an activating group) is 1. The van der Waals surface area contributed by atoms with E-state index in [0.717, 1.165) is 12.3 Å². The minimum atomic E-state index is -4.27. The second-order valence-corrected chi connectivity index (χ2v) is 4.19. The van der Waals surface area contributed by atoms with Crippen molar-refractivity contribution in [3.8, 4) is 5.88 Å². The van der Waals surface area contributed by atoms with Crippen molar-refractivity contribution >= 4 is 5.91 Å². The Bertz CT molecular complexity index is 468. The van der Waals surface area contributed by atoms with Crippen LogP contribution < -0.4 is 4.74 Å². The Labute approximate surface area is 118 Å². The molecule has 1 N–H and O–H groups in total. The monoisotopic (exact) mass is 310 g/mol. The van der Waals surface area contributed by atoms with Gasteiger partial charge in [0.25, 0.3) is 5.91 Å². The first-order chi connectivity index (χ1) is 9.77. The zero-order valence-electron chi connectivity index (χ0n) is 11.1. The quantitative estimate of drug-likeness (QED) is 0.774. The number of alkyl halides is 4. The average Bonchev–Trinajstić information content (AvgIpc) is 2.45. The number of halogens is 4. The summed E-state index contributed by atoms with van der Waals surface area (Å²) in [6.45, 7) is -1.59. The number of ether oxygens (including phenoxy) is 1. The molecule has 1 aromatic rings. The lowest BCUT2D eigenvalue weighted by molar-refractivity contribution is -0.148. The smallest absolute Gasteiger partial charge is 0.340 e. The van der Waals surface area contributed by atoms with E-state index >= 15 is 0 Å². The molecular formula is C12H14F4N2O3. The maximum atomic E-state index is 12.6. The summed E-state index contributed by atoms with van der Waals surface area (Å²) in [5.41, 5.74) is 0.152. The normalized spacial score (nSPS) is 11.6. The zero-order chi connectivity index (χ0) is 16.0. The molecule has 0 aromatic carbocycles. The van der Waals surface area contributed by atoms with E-state index in [2.05, 4.69) is 9.72 Å². The van der Waals surface area contributed by atoms with Gasteiger partial charge in [-0.15, -0.1) is 0 Å². The lowest BCUT2D eigenvalue weighted by atomic mass is 10.2. The second-order valence-electron chi connectivity index (χ2n) is 4.19. The minimum Gasteiger partial charge on any atom is -0.471 e. The third-order valence-corrected chi connectivity index (χ3v) is 2.50. The van der Waals surface area contributed by atoms with Crippen LogP contribution >= 0.6 is 0 Å². The van der Waals surface area contributed by atoms with E-state index in [1.807, 2.05) is 0 Å². The maximum Gasteiger partial charge on any atom is 0.340 e. The van der Waals surface area contributed by atoms with E-state index in [1.54, 1.807) is 0 Å². The lowest BCUT2D eigenvalue weighted by Gasteiger charge is -2.16. The number of carbonyl (C=O) groups is 1. The van der Waals surface area contributed by atoms with Gasteiger partial charge in [-0.1, -0.05) is 0 Å². The van der Waals surface area contributed by atoms with E-state index in [-0.39, 0.29) is 24.6 Å². The predicted octanol–water partition coefficient (Wildman–Crippen LogP) is 1.43. The highest BCUT2D eigenvalue weighted by Gasteiger charge is 2.41. The van der Waals surface area contributed by atoms with E-state index in [9.17, 15) is 22.4 Å². The number of hydrogen-bond donors (Lipinski definition) is 1. The molecule has 9 heteroatoms. The number of pyridine rings is 1. The van der Waals surface area contributed by atoms with Crippen molar-refractivity contribution in [1.82, 2.24) is 9.88 Å². The van der Waals surface area contributed by atoms with Gasteiger partial charge >= 0.3 is 12.3 Å². The number of amides is 1. The Morgan fingerprint density at radius 2 is 2.14 bits per heavy atom. The highest BCUT2D eigenvalue weighted by Crippen LogP contribution is 2.23. The fraction of sp³-hybridized carbons (Fsp3) is 0.500. The van der Waals surface area contributed by atoms with Crippen molar-refractivity contribution in [1.29, 1.82) is 0 Å². The number of aromatic nitrogens is 1. The first kappa shape index (κ1) is 17.2. The van der Waals surface area contributed by atoms with Crippen LogP contribution in [0, 0.1) is 0 Å². The number of aliphatic hydroxyl groups is 1. The molecule has 0 unspecified atom stereocenters. The van der Waals surface area contributed by atoms with Crippen LogP contribution in [0.15, 0.2) is 18.3 Å². The molecule has 1 aromatic heterocycles. The number of carbonyl (C=O) groups excluding carboxylic acids is 1. The van der Waals surface area contributed by atoms with Gasteiger partial charge in [-0.05, 0) is 6.07 Å². The van der Waals surface area contributed by atoms with E-state index < -0.39 is 24.9 Å². The molecule has 0 aliphatic rings. The second kappa shape index (κ2) is 7.21. The molecule has 0 saturated carbocycles. The molecule has 0 aliphatic carbocycles. The fourth-order valence-electron chi connectivity index (χ4n) is 1.30. The van der Waals surface area contributed by atoms with Gasteiger partial charge in [-0.3, -0.25) is 4.79 Å². The fourth-order valence-corrected chi connectivity index (χ4v) is 1.30. The summed E-state index contributed by atoms with van der Waals surface area (Å²) in [6, 6.07) is 2.39. The van der Waals surface area contributed by atoms with Crippen molar-refractivity contribution in [2.24, 2.45) is 0 Å². The summed E-state index contributed by atoms with van der Waals surface area (Å²) < 4.78 is 53.6. The third-order valence-electron chi connectivity index (χ3n) is 2.50. The molecule has 1 rings (SSSR count). The van der Waals surface area contributed by atoms with Gasteiger partial charge in [-0.2, -0.15) is 8.78 Å². The first-order valence-corrected chi connectivity index (χ1v) is 5.89. The Kier molecular flexibility index (Phi) is 5.89. The standard InChI is InChI=1S/C12H14F4N2O3/c1-18(4-5-19)10(20)8-2-3-9(17-6-8)21-7-12(15,16)11(13)14/h2-3,6,11,19H,4-5,7H2,1H3. The lowest BCUT2D eigenvalue weighted by Crippen LogP contribution is -2.34. The van der Waals surface area contributed by atoms with Crippen LogP contribution in [0.3, 0.4) is 0 Å². The molecule has 1 amide bonds. The predicted molar refractivity (Wildman–Crippen MR) is 64.7 cm³/mol. The summed E-state index contributed by atoms with van der Waals surface area (Å²) in [4.78, 5) is 16.6. The SMILES string of the molecule is CN(CCO)C(=O)c1ccc(OCC(F)(F)C(F)F)nc1. The molecule has 0 aliphatic heterocycles. The summed E-state index contributed by atoms with van der Waals surface area (Å²) >= 11 is 0. The topological polar surface area (TPSA) is 62.7 Å². The first-order valence-electron chi connectivity index (χ1n) is 5.89. The van der Waals surface area contributed by atoms with Gasteiger partial charge in [0.15, 0.2) is 6.61 Å². The average molecular weight is 310 g/mol. The third kappa shape index (κ3) is 4.85. The molecule has 118 valence electrons. The van der Waals surface area contributed by atoms with Crippen molar-refractivity contribution in [3.05, 3.63) is 23.9 Å². The summed E-state index contributed by atoms with van der Waals surface area (Å²) in [5, 5.41) is 8.71. The Morgan fingerprint density at radius 3 is 2.62 bits per heavy atom. The van der Waals surface area contributed by atoms with Gasteiger partial charge in [0.2, 0.25) is 5.88 Å². The van der Waals surface area contributed by atoms with Crippen LogP contribution in [0.25, 0.3) is 0 Å². The maximum absolute atomic E-state index is 12.6. The van der Waals surface area contributed by atoms with Gasteiger partial charge in [0.05, 0.1) is 12.2 Å². The molecule has 21 heavy (non-hydrogen) atoms. The van der Waals surface area contributed by atoms with Crippen molar-refractivity contribution in [2.75, 3.05) is 26.8 Å². The number of aliphatic hydroxyl groups excluding tert-OH is 1. The molecule has 0 radical (unpaired) electrons. The molecule has 0 saturated heterocycles. The summed E-state index contributed by atoms with van der Waals surface area (Å²) in [6.07, 6.45) is -2.75. The van der Waals surface area contributed by atoms with Crippen LogP contribution in [0.4, 0.5) is 17.6 Å². The van der Waals surface area contributed by atoms with Gasteiger partial charge in [0.1, 0.15) is 0 Å². The molecule has 5 nitrogen and oxygen atoms in total. The van der Waals surface area contributed by atoms with Crippen molar-refractivity contribution in [2.45, 2.75) is 12.3 Å². The van der Waals surface area contributed by atoms with Gasteiger partial charge in [0, 0.05) is 25.9 Å².